The van der Waals surface area contributed by atoms with E-state index < -0.39 is 0 Å². The van der Waals surface area contributed by atoms with E-state index in [1.165, 1.54) is 10.4 Å². The number of hydrogen-bond donors (Lipinski definition) is 1. The van der Waals surface area contributed by atoms with Crippen LogP contribution in [0.4, 0.5) is 0 Å². The molecule has 1 aliphatic carbocycles. The smallest absolute Gasteiger partial charge is 0.262 e. The van der Waals surface area contributed by atoms with Crippen LogP contribution in [0.15, 0.2) is 47.5 Å². The molecule has 0 radical (unpaired) electrons. The van der Waals surface area contributed by atoms with Gasteiger partial charge in [0, 0.05) is 42.7 Å². The zero-order valence-electron chi connectivity index (χ0n) is 20.7. The van der Waals surface area contributed by atoms with Gasteiger partial charge in [-0.1, -0.05) is 30.3 Å². The fourth-order valence-corrected chi connectivity index (χ4v) is 6.84. The Balaban J connectivity index is 1.23. The fraction of sp³-hybridized carbons (Fsp3) is 0.429. The molecule has 6 rings (SSSR count). The summed E-state index contributed by atoms with van der Waals surface area (Å²) >= 11 is 1.69. The summed E-state index contributed by atoms with van der Waals surface area (Å²) in [6, 6.07) is 12.7. The number of morpholine rings is 1. The molecule has 3 heterocycles. The van der Waals surface area contributed by atoms with E-state index in [0.717, 1.165) is 91.0 Å². The molecule has 0 saturated carbocycles. The highest BCUT2D eigenvalue weighted by Gasteiger charge is 2.25. The largest absolute Gasteiger partial charge is 0.496 e. The summed E-state index contributed by atoms with van der Waals surface area (Å²) in [5.41, 5.74) is 2.26. The highest BCUT2D eigenvalue weighted by Crippen LogP contribution is 2.34. The van der Waals surface area contributed by atoms with Gasteiger partial charge in [0.2, 0.25) is 0 Å². The third-order valence-corrected chi connectivity index (χ3v) is 8.71. The number of aryl methyl sites for hydroxylation is 1. The lowest BCUT2D eigenvalue weighted by Crippen LogP contribution is -2.43. The molecule has 2 aromatic heterocycles. The third-order valence-electron chi connectivity index (χ3n) is 7.55. The zero-order chi connectivity index (χ0) is 24.5. The van der Waals surface area contributed by atoms with Crippen LogP contribution in [0.2, 0.25) is 0 Å². The van der Waals surface area contributed by atoms with Crippen molar-refractivity contribution in [1.29, 1.82) is 0 Å². The molecule has 1 saturated heterocycles. The van der Waals surface area contributed by atoms with Crippen LogP contribution in [-0.4, -0.2) is 67.0 Å². The van der Waals surface area contributed by atoms with Crippen molar-refractivity contribution >= 4 is 32.3 Å². The average molecular weight is 505 g/mol. The van der Waals surface area contributed by atoms with Crippen LogP contribution >= 0.6 is 11.3 Å². The Morgan fingerprint density at radius 3 is 2.92 bits per heavy atom. The molecule has 1 atom stereocenters. The predicted molar refractivity (Wildman–Crippen MR) is 145 cm³/mol. The Hall–Kier alpha value is -2.78. The maximum Gasteiger partial charge on any atom is 0.262 e. The van der Waals surface area contributed by atoms with E-state index >= 15 is 0 Å². The van der Waals surface area contributed by atoms with Crippen molar-refractivity contribution in [3.05, 3.63) is 69.1 Å². The van der Waals surface area contributed by atoms with Crippen LogP contribution < -0.4 is 15.6 Å². The third kappa shape index (κ3) is 4.54. The molecule has 1 unspecified atom stereocenters. The summed E-state index contributed by atoms with van der Waals surface area (Å²) in [7, 11) is 1.68. The first kappa shape index (κ1) is 23.6. The Labute approximate surface area is 214 Å². The van der Waals surface area contributed by atoms with E-state index in [0.29, 0.717) is 12.6 Å². The first-order valence-electron chi connectivity index (χ1n) is 12.8. The lowest BCUT2D eigenvalue weighted by atomic mass is 9.93. The number of benzene rings is 2. The second-order valence-corrected chi connectivity index (χ2v) is 10.8. The summed E-state index contributed by atoms with van der Waals surface area (Å²) in [4.78, 5) is 23.0. The number of rotatable bonds is 7. The van der Waals surface area contributed by atoms with Crippen molar-refractivity contribution in [3.8, 4) is 5.75 Å². The highest BCUT2D eigenvalue weighted by atomic mass is 32.1. The molecular weight excluding hydrogens is 472 g/mol. The van der Waals surface area contributed by atoms with Gasteiger partial charge in [-0.15, -0.1) is 11.3 Å². The molecule has 0 spiro atoms. The minimum atomic E-state index is 0.0474. The summed E-state index contributed by atoms with van der Waals surface area (Å²) in [5, 5.41) is 6.79. The molecule has 0 bridgehead atoms. The second-order valence-electron chi connectivity index (χ2n) is 9.68. The molecule has 7 nitrogen and oxygen atoms in total. The van der Waals surface area contributed by atoms with Crippen molar-refractivity contribution in [2.75, 3.05) is 46.5 Å². The normalized spacial score (nSPS) is 18.5. The van der Waals surface area contributed by atoms with Crippen LogP contribution in [-0.2, 0) is 24.1 Å². The van der Waals surface area contributed by atoms with Crippen LogP contribution in [0.5, 0.6) is 5.75 Å². The van der Waals surface area contributed by atoms with Gasteiger partial charge in [-0.2, -0.15) is 0 Å². The Bertz CT molecular complexity index is 1440. The minimum absolute atomic E-state index is 0.0474. The van der Waals surface area contributed by atoms with Crippen molar-refractivity contribution < 1.29 is 9.47 Å². The van der Waals surface area contributed by atoms with Gasteiger partial charge < -0.3 is 14.8 Å². The molecule has 8 heteroatoms. The quantitative estimate of drug-likeness (QED) is 0.416. The average Bonchev–Trinajstić information content (AvgIpc) is 3.29. The minimum Gasteiger partial charge on any atom is -0.496 e. The molecule has 1 fully saturated rings. The van der Waals surface area contributed by atoms with Gasteiger partial charge in [0.25, 0.3) is 5.56 Å². The second kappa shape index (κ2) is 10.3. The van der Waals surface area contributed by atoms with Gasteiger partial charge >= 0.3 is 0 Å². The number of nitrogens with one attached hydrogen (secondary N) is 1. The number of methoxy groups -OCH3 is 1. The van der Waals surface area contributed by atoms with Gasteiger partial charge in [0.05, 0.1) is 38.6 Å². The van der Waals surface area contributed by atoms with Crippen LogP contribution in [0.25, 0.3) is 21.0 Å². The highest BCUT2D eigenvalue weighted by molar-refractivity contribution is 7.18. The number of aromatic nitrogens is 2. The molecule has 1 N–H and O–H groups in total. The molecular formula is C28H32N4O3S. The molecule has 36 heavy (non-hydrogen) atoms. The van der Waals surface area contributed by atoms with Crippen LogP contribution in [0, 0.1) is 0 Å². The van der Waals surface area contributed by atoms with E-state index in [9.17, 15) is 4.79 Å². The van der Waals surface area contributed by atoms with Crippen molar-refractivity contribution in [3.63, 3.8) is 0 Å². The first-order chi connectivity index (χ1) is 17.7. The van der Waals surface area contributed by atoms with E-state index in [-0.39, 0.29) is 5.56 Å². The first-order valence-corrected chi connectivity index (χ1v) is 13.6. The Kier molecular flexibility index (Phi) is 6.75. The SMILES string of the molecule is COc1ccc2ccccc2c1Cn1cnc2sc3c(c2c1=O)CCC(NCCN1CCOCC1)C3. The summed E-state index contributed by atoms with van der Waals surface area (Å²) in [6.45, 7) is 6.21. The topological polar surface area (TPSA) is 68.6 Å². The number of thiophene rings is 1. The fourth-order valence-electron chi connectivity index (χ4n) is 5.58. The van der Waals surface area contributed by atoms with E-state index in [1.807, 2.05) is 18.2 Å². The Morgan fingerprint density at radius 2 is 2.06 bits per heavy atom. The van der Waals surface area contributed by atoms with Crippen molar-refractivity contribution in [2.24, 2.45) is 0 Å². The number of nitrogens with zero attached hydrogens (tertiary/aromatic N) is 3. The van der Waals surface area contributed by atoms with Crippen molar-refractivity contribution in [1.82, 2.24) is 19.8 Å². The zero-order valence-corrected chi connectivity index (χ0v) is 21.5. The van der Waals surface area contributed by atoms with Gasteiger partial charge in [-0.25, -0.2) is 4.98 Å². The summed E-state index contributed by atoms with van der Waals surface area (Å²) < 4.78 is 12.8. The van der Waals surface area contributed by atoms with Crippen LogP contribution in [0.1, 0.15) is 22.4 Å². The summed E-state index contributed by atoms with van der Waals surface area (Å²) in [5.74, 6) is 0.791. The predicted octanol–water partition coefficient (Wildman–Crippen LogP) is 3.45. The van der Waals surface area contributed by atoms with Gasteiger partial charge in [0.1, 0.15) is 10.6 Å². The summed E-state index contributed by atoms with van der Waals surface area (Å²) in [6.07, 6.45) is 4.64. The lowest BCUT2D eigenvalue weighted by Gasteiger charge is -2.28. The molecule has 2 aromatic carbocycles. The Morgan fingerprint density at radius 1 is 1.19 bits per heavy atom. The van der Waals surface area contributed by atoms with Gasteiger partial charge in [-0.05, 0) is 41.7 Å². The van der Waals surface area contributed by atoms with Gasteiger partial charge in [0.15, 0.2) is 0 Å². The molecule has 0 amide bonds. The monoisotopic (exact) mass is 504 g/mol. The van der Waals surface area contributed by atoms with Gasteiger partial charge in [-0.3, -0.25) is 14.3 Å². The van der Waals surface area contributed by atoms with Crippen molar-refractivity contribution in [2.45, 2.75) is 31.8 Å². The molecule has 2 aliphatic rings. The maximum absolute atomic E-state index is 13.7. The molecule has 4 aromatic rings. The number of ether oxygens (including phenoxy) is 2. The van der Waals surface area contributed by atoms with Crippen LogP contribution in [0.3, 0.4) is 0 Å². The van der Waals surface area contributed by atoms with E-state index in [1.54, 1.807) is 29.3 Å². The molecule has 188 valence electrons. The maximum atomic E-state index is 13.7. The standard InChI is InChI=1S/C28H32N4O3S/c1-34-24-9-6-19-4-2-3-5-21(19)23(24)17-32-18-30-27-26(28(32)33)22-8-7-20(16-25(22)36-27)29-10-11-31-12-14-35-15-13-31/h2-6,9,18,20,29H,7-8,10-17H2,1H3. The number of hydrogen-bond acceptors (Lipinski definition) is 7. The van der Waals surface area contributed by atoms with E-state index in [4.69, 9.17) is 14.5 Å². The van der Waals surface area contributed by atoms with E-state index in [2.05, 4.69) is 28.4 Å². The molecule has 1 aliphatic heterocycles. The lowest BCUT2D eigenvalue weighted by molar-refractivity contribution is 0.0381. The number of fused-ring (bicyclic) bond motifs is 4.